The number of thiazole rings is 1. The van der Waals surface area contributed by atoms with Crippen LogP contribution in [0.2, 0.25) is 0 Å². The molecule has 0 radical (unpaired) electrons. The number of benzene rings is 1. The third kappa shape index (κ3) is 3.93. The standard InChI is InChI=1S/C21H22N4O3S/c1-14-11-18(25(26)27)20(22-12-14)24-9-7-15(8-10-24)21-23-17(13-29-21)16-5-3-4-6-19(16)28-2/h3-6,11-13,15H,7-10H2,1-2H3. The van der Waals surface area contributed by atoms with Gasteiger partial charge in [0.2, 0.25) is 5.82 Å². The van der Waals surface area contributed by atoms with Crippen molar-refractivity contribution < 1.29 is 9.66 Å². The van der Waals surface area contributed by atoms with Crippen LogP contribution in [0.4, 0.5) is 11.5 Å². The van der Waals surface area contributed by atoms with Crippen LogP contribution in [0.25, 0.3) is 11.3 Å². The summed E-state index contributed by atoms with van der Waals surface area (Å²) < 4.78 is 5.45. The molecule has 0 amide bonds. The van der Waals surface area contributed by atoms with Gasteiger partial charge >= 0.3 is 5.69 Å². The highest BCUT2D eigenvalue weighted by Gasteiger charge is 2.28. The van der Waals surface area contributed by atoms with Crippen molar-refractivity contribution in [1.82, 2.24) is 9.97 Å². The molecule has 1 aliphatic rings. The number of nitrogens with zero attached hydrogens (tertiary/aromatic N) is 4. The molecule has 0 spiro atoms. The Labute approximate surface area is 173 Å². The molecule has 1 fully saturated rings. The average molecular weight is 410 g/mol. The number of piperidine rings is 1. The van der Waals surface area contributed by atoms with Crippen LogP contribution in [-0.4, -0.2) is 35.1 Å². The molecule has 3 aromatic rings. The molecule has 150 valence electrons. The molecule has 0 saturated carbocycles. The number of methoxy groups -OCH3 is 1. The summed E-state index contributed by atoms with van der Waals surface area (Å²) in [5, 5.41) is 14.6. The molecule has 0 unspecified atom stereocenters. The summed E-state index contributed by atoms with van der Waals surface area (Å²) >= 11 is 1.67. The summed E-state index contributed by atoms with van der Waals surface area (Å²) in [6, 6.07) is 9.48. The van der Waals surface area contributed by atoms with E-state index in [0.717, 1.165) is 53.5 Å². The van der Waals surface area contributed by atoms with Crippen molar-refractivity contribution in [3.63, 3.8) is 0 Å². The van der Waals surface area contributed by atoms with Crippen LogP contribution in [0, 0.1) is 17.0 Å². The molecule has 1 saturated heterocycles. The van der Waals surface area contributed by atoms with Crippen LogP contribution >= 0.6 is 11.3 Å². The number of aromatic nitrogens is 2. The second-order valence-corrected chi connectivity index (χ2v) is 8.03. The minimum Gasteiger partial charge on any atom is -0.496 e. The highest BCUT2D eigenvalue weighted by Crippen LogP contribution is 2.37. The van der Waals surface area contributed by atoms with E-state index in [1.165, 1.54) is 0 Å². The number of ether oxygens (including phenoxy) is 1. The summed E-state index contributed by atoms with van der Waals surface area (Å²) in [4.78, 5) is 22.3. The molecule has 0 bridgehead atoms. The Morgan fingerprint density at radius 1 is 1.28 bits per heavy atom. The van der Waals surface area contributed by atoms with E-state index in [4.69, 9.17) is 9.72 Å². The van der Waals surface area contributed by atoms with E-state index in [-0.39, 0.29) is 10.6 Å². The van der Waals surface area contributed by atoms with Gasteiger partial charge < -0.3 is 9.64 Å². The zero-order chi connectivity index (χ0) is 20.4. The number of anilines is 1. The second kappa shape index (κ2) is 8.16. The van der Waals surface area contributed by atoms with Crippen LogP contribution < -0.4 is 9.64 Å². The van der Waals surface area contributed by atoms with Crippen LogP contribution in [0.3, 0.4) is 0 Å². The number of nitro groups is 1. The van der Waals surface area contributed by atoms with Gasteiger partial charge in [-0.2, -0.15) is 0 Å². The average Bonchev–Trinajstić information content (AvgIpc) is 3.24. The van der Waals surface area contributed by atoms with Gasteiger partial charge in [0.05, 0.1) is 22.7 Å². The maximum atomic E-state index is 11.4. The van der Waals surface area contributed by atoms with Crippen molar-refractivity contribution in [3.8, 4) is 17.0 Å². The fourth-order valence-corrected chi connectivity index (χ4v) is 4.71. The van der Waals surface area contributed by atoms with Gasteiger partial charge in [-0.3, -0.25) is 10.1 Å². The van der Waals surface area contributed by atoms with Gasteiger partial charge in [0, 0.05) is 42.2 Å². The second-order valence-electron chi connectivity index (χ2n) is 7.15. The third-order valence-electron chi connectivity index (χ3n) is 5.23. The fraction of sp³-hybridized carbons (Fsp3) is 0.333. The smallest absolute Gasteiger partial charge is 0.311 e. The number of aryl methyl sites for hydroxylation is 1. The maximum Gasteiger partial charge on any atom is 0.311 e. The quantitative estimate of drug-likeness (QED) is 0.443. The van der Waals surface area contributed by atoms with Crippen molar-refractivity contribution in [2.45, 2.75) is 25.7 Å². The predicted molar refractivity (Wildman–Crippen MR) is 114 cm³/mol. The van der Waals surface area contributed by atoms with Gasteiger partial charge in [-0.25, -0.2) is 9.97 Å². The highest BCUT2D eigenvalue weighted by atomic mass is 32.1. The van der Waals surface area contributed by atoms with Crippen molar-refractivity contribution in [3.05, 3.63) is 62.6 Å². The summed E-state index contributed by atoms with van der Waals surface area (Å²) in [5.41, 5.74) is 2.80. The lowest BCUT2D eigenvalue weighted by Crippen LogP contribution is -2.34. The van der Waals surface area contributed by atoms with Gasteiger partial charge in [-0.05, 0) is 37.5 Å². The Bertz CT molecular complexity index is 1030. The summed E-state index contributed by atoms with van der Waals surface area (Å²) in [7, 11) is 1.67. The zero-order valence-electron chi connectivity index (χ0n) is 16.4. The Kier molecular flexibility index (Phi) is 5.44. The van der Waals surface area contributed by atoms with E-state index in [2.05, 4.69) is 10.4 Å². The van der Waals surface area contributed by atoms with Crippen LogP contribution in [0.1, 0.15) is 29.3 Å². The molecule has 1 aromatic carbocycles. The number of hydrogen-bond acceptors (Lipinski definition) is 7. The van der Waals surface area contributed by atoms with Gasteiger partial charge in [0.15, 0.2) is 0 Å². The molecule has 29 heavy (non-hydrogen) atoms. The van der Waals surface area contributed by atoms with Crippen molar-refractivity contribution >= 4 is 22.8 Å². The third-order valence-corrected chi connectivity index (χ3v) is 6.24. The Morgan fingerprint density at radius 2 is 2.03 bits per heavy atom. The van der Waals surface area contributed by atoms with Crippen LogP contribution in [0.15, 0.2) is 41.9 Å². The molecular formula is C21H22N4O3S. The minimum absolute atomic E-state index is 0.0798. The van der Waals surface area contributed by atoms with Crippen molar-refractivity contribution in [2.75, 3.05) is 25.1 Å². The summed E-state index contributed by atoms with van der Waals surface area (Å²) in [6.45, 7) is 3.27. The van der Waals surface area contributed by atoms with Crippen LogP contribution in [0.5, 0.6) is 5.75 Å². The Morgan fingerprint density at radius 3 is 2.76 bits per heavy atom. The summed E-state index contributed by atoms with van der Waals surface area (Å²) in [6.07, 6.45) is 3.48. The van der Waals surface area contributed by atoms with Crippen molar-refractivity contribution in [2.24, 2.45) is 0 Å². The lowest BCUT2D eigenvalue weighted by Gasteiger charge is -2.31. The molecule has 3 heterocycles. The molecule has 0 atom stereocenters. The van der Waals surface area contributed by atoms with E-state index < -0.39 is 0 Å². The summed E-state index contributed by atoms with van der Waals surface area (Å²) in [5.74, 6) is 1.63. The van der Waals surface area contributed by atoms with Gasteiger partial charge in [0.25, 0.3) is 0 Å². The predicted octanol–water partition coefficient (Wildman–Crippen LogP) is 4.81. The molecule has 0 aliphatic carbocycles. The molecule has 8 heteroatoms. The van der Waals surface area contributed by atoms with Gasteiger partial charge in [-0.1, -0.05) is 12.1 Å². The largest absolute Gasteiger partial charge is 0.496 e. The number of para-hydroxylation sites is 1. The normalized spacial score (nSPS) is 14.8. The first-order valence-corrected chi connectivity index (χ1v) is 10.4. The van der Waals surface area contributed by atoms with Crippen LogP contribution in [-0.2, 0) is 0 Å². The molecule has 1 aliphatic heterocycles. The molecule has 7 nitrogen and oxygen atoms in total. The van der Waals surface area contributed by atoms with Gasteiger partial charge in [-0.15, -0.1) is 11.3 Å². The zero-order valence-corrected chi connectivity index (χ0v) is 17.2. The minimum atomic E-state index is -0.345. The van der Waals surface area contributed by atoms with Gasteiger partial charge in [0.1, 0.15) is 5.75 Å². The molecule has 2 aromatic heterocycles. The first-order chi connectivity index (χ1) is 14.1. The lowest BCUT2D eigenvalue weighted by molar-refractivity contribution is -0.384. The number of pyridine rings is 1. The highest BCUT2D eigenvalue weighted by molar-refractivity contribution is 7.10. The maximum absolute atomic E-state index is 11.4. The van der Waals surface area contributed by atoms with E-state index in [1.807, 2.05) is 36.1 Å². The molecular weight excluding hydrogens is 388 g/mol. The fourth-order valence-electron chi connectivity index (χ4n) is 3.72. The number of rotatable bonds is 5. The Balaban J connectivity index is 1.49. The van der Waals surface area contributed by atoms with E-state index in [1.54, 1.807) is 30.7 Å². The monoisotopic (exact) mass is 410 g/mol. The van der Waals surface area contributed by atoms with E-state index in [9.17, 15) is 10.1 Å². The van der Waals surface area contributed by atoms with Crippen molar-refractivity contribution in [1.29, 1.82) is 0 Å². The molecule has 0 N–H and O–H groups in total. The molecule has 4 rings (SSSR count). The lowest BCUT2D eigenvalue weighted by atomic mass is 9.97. The van der Waals surface area contributed by atoms with E-state index in [0.29, 0.717) is 11.7 Å². The van der Waals surface area contributed by atoms with E-state index >= 15 is 0 Å². The number of hydrogen-bond donors (Lipinski definition) is 0. The first-order valence-electron chi connectivity index (χ1n) is 9.51. The Hall–Kier alpha value is -3.00. The SMILES string of the molecule is COc1ccccc1-c1csc(C2CCN(c3ncc(C)cc3[N+](=O)[O-])CC2)n1. The topological polar surface area (TPSA) is 81.4 Å². The first kappa shape index (κ1) is 19.3.